The zero-order chi connectivity index (χ0) is 7.82. The molecule has 0 saturated heterocycles. The van der Waals surface area contributed by atoms with Crippen LogP contribution in [0.2, 0.25) is 0 Å². The number of hydrogen-bond acceptors (Lipinski definition) is 3. The van der Waals surface area contributed by atoms with Crippen molar-refractivity contribution >= 4 is 9.52 Å². The van der Waals surface area contributed by atoms with Crippen molar-refractivity contribution in [3.05, 3.63) is 11.6 Å². The lowest BCUT2D eigenvalue weighted by Crippen LogP contribution is -2.00. The van der Waals surface area contributed by atoms with Crippen LogP contribution in [0.4, 0.5) is 0 Å². The molecule has 0 aromatic rings. The highest BCUT2D eigenvalue weighted by Crippen LogP contribution is 1.92. The SMILES string of the molecule is COC[SiH2]C=C(OC)OC. The molecular weight excluding hydrogens is 148 g/mol. The Morgan fingerprint density at radius 2 is 1.90 bits per heavy atom. The molecule has 0 N–H and O–H groups in total. The number of rotatable bonds is 5. The van der Waals surface area contributed by atoms with E-state index in [0.29, 0.717) is 5.95 Å². The minimum Gasteiger partial charge on any atom is -0.469 e. The van der Waals surface area contributed by atoms with Gasteiger partial charge in [0.2, 0.25) is 0 Å². The molecule has 4 heteroatoms. The molecule has 0 spiro atoms. The Kier molecular flexibility index (Phi) is 6.31. The van der Waals surface area contributed by atoms with Crippen molar-refractivity contribution in [1.82, 2.24) is 0 Å². The van der Waals surface area contributed by atoms with E-state index in [2.05, 4.69) is 0 Å². The fourth-order valence-electron chi connectivity index (χ4n) is 0.545. The molecule has 0 aromatic carbocycles. The predicted octanol–water partition coefficient (Wildman–Crippen LogP) is -0.149. The van der Waals surface area contributed by atoms with Crippen LogP contribution in [0.3, 0.4) is 0 Å². The molecule has 0 heterocycles. The van der Waals surface area contributed by atoms with E-state index < -0.39 is 0 Å². The quantitative estimate of drug-likeness (QED) is 0.320. The summed E-state index contributed by atoms with van der Waals surface area (Å²) in [6.07, 6.45) is 0.830. The fraction of sp³-hybridized carbons (Fsp3) is 0.667. The van der Waals surface area contributed by atoms with Gasteiger partial charge in [0.15, 0.2) is 0 Å². The van der Waals surface area contributed by atoms with Crippen LogP contribution in [0.5, 0.6) is 0 Å². The first-order valence-electron chi connectivity index (χ1n) is 3.12. The smallest absolute Gasteiger partial charge is 0.269 e. The molecule has 0 bridgehead atoms. The molecule has 0 amide bonds. The Balaban J connectivity index is 3.43. The number of ether oxygens (including phenoxy) is 3. The molecule has 10 heavy (non-hydrogen) atoms. The first-order valence-corrected chi connectivity index (χ1v) is 4.94. The van der Waals surface area contributed by atoms with Crippen LogP contribution in [0.1, 0.15) is 0 Å². The van der Waals surface area contributed by atoms with Crippen molar-refractivity contribution in [3.63, 3.8) is 0 Å². The normalized spacial score (nSPS) is 9.90. The lowest BCUT2D eigenvalue weighted by Gasteiger charge is -2.02. The summed E-state index contributed by atoms with van der Waals surface area (Å²) >= 11 is 0. The summed E-state index contributed by atoms with van der Waals surface area (Å²) < 4.78 is 14.6. The van der Waals surface area contributed by atoms with Gasteiger partial charge in [0.25, 0.3) is 5.95 Å². The van der Waals surface area contributed by atoms with Gasteiger partial charge in [-0.3, -0.25) is 0 Å². The third-order valence-electron chi connectivity index (χ3n) is 1.04. The van der Waals surface area contributed by atoms with E-state index >= 15 is 0 Å². The summed E-state index contributed by atoms with van der Waals surface area (Å²) in [4.78, 5) is 0. The highest BCUT2D eigenvalue weighted by Gasteiger charge is 1.90. The molecule has 0 rings (SSSR count). The van der Waals surface area contributed by atoms with E-state index in [4.69, 9.17) is 14.2 Å². The topological polar surface area (TPSA) is 27.7 Å². The maximum Gasteiger partial charge on any atom is 0.269 e. The summed E-state index contributed by atoms with van der Waals surface area (Å²) in [5.74, 6) is 0.601. The van der Waals surface area contributed by atoms with Crippen LogP contribution in [0, 0.1) is 0 Å². The Morgan fingerprint density at radius 1 is 1.30 bits per heavy atom. The van der Waals surface area contributed by atoms with Crippen LogP contribution < -0.4 is 0 Å². The second-order valence-corrected chi connectivity index (χ2v) is 3.11. The molecule has 0 aliphatic heterocycles. The minimum absolute atomic E-state index is 0.292. The fourth-order valence-corrected chi connectivity index (χ4v) is 1.47. The summed E-state index contributed by atoms with van der Waals surface area (Å²) in [5.41, 5.74) is 1.98. The van der Waals surface area contributed by atoms with Crippen molar-refractivity contribution in [2.75, 3.05) is 27.6 Å². The summed E-state index contributed by atoms with van der Waals surface area (Å²) in [7, 11) is 4.59. The van der Waals surface area contributed by atoms with E-state index in [1.807, 2.05) is 5.70 Å². The van der Waals surface area contributed by atoms with Gasteiger partial charge in [-0.25, -0.2) is 0 Å². The van der Waals surface area contributed by atoms with Crippen molar-refractivity contribution in [1.29, 1.82) is 0 Å². The van der Waals surface area contributed by atoms with Crippen molar-refractivity contribution in [3.8, 4) is 0 Å². The summed E-state index contributed by atoms with van der Waals surface area (Å²) in [6, 6.07) is 0. The Labute approximate surface area is 63.8 Å². The second-order valence-electron chi connectivity index (χ2n) is 1.71. The lowest BCUT2D eigenvalue weighted by molar-refractivity contribution is 0.0962. The first-order chi connectivity index (χ1) is 4.85. The van der Waals surface area contributed by atoms with E-state index in [0.717, 1.165) is 6.23 Å². The molecule has 0 radical (unpaired) electrons. The number of hydrogen-bond donors (Lipinski definition) is 0. The van der Waals surface area contributed by atoms with E-state index in [-0.39, 0.29) is 9.52 Å². The van der Waals surface area contributed by atoms with E-state index in [1.165, 1.54) is 0 Å². The van der Waals surface area contributed by atoms with Gasteiger partial charge >= 0.3 is 0 Å². The maximum atomic E-state index is 4.89. The van der Waals surface area contributed by atoms with Crippen LogP contribution in [-0.2, 0) is 14.2 Å². The third-order valence-corrected chi connectivity index (χ3v) is 2.30. The molecule has 0 aliphatic rings. The molecule has 60 valence electrons. The highest BCUT2D eigenvalue weighted by molar-refractivity contribution is 6.41. The minimum atomic E-state index is -0.292. The Bertz CT molecular complexity index is 97.2. The highest BCUT2D eigenvalue weighted by atomic mass is 28.2. The van der Waals surface area contributed by atoms with Crippen molar-refractivity contribution in [2.45, 2.75) is 0 Å². The van der Waals surface area contributed by atoms with Crippen LogP contribution in [-0.4, -0.2) is 37.1 Å². The van der Waals surface area contributed by atoms with Crippen LogP contribution in [0.15, 0.2) is 11.6 Å². The van der Waals surface area contributed by atoms with E-state index in [1.54, 1.807) is 21.3 Å². The monoisotopic (exact) mass is 162 g/mol. The molecule has 3 nitrogen and oxygen atoms in total. The second kappa shape index (κ2) is 6.63. The molecular formula is C6H14O3Si. The zero-order valence-electron chi connectivity index (χ0n) is 6.72. The van der Waals surface area contributed by atoms with Gasteiger partial charge in [-0.2, -0.15) is 0 Å². The van der Waals surface area contributed by atoms with Gasteiger partial charge in [-0.1, -0.05) is 0 Å². The average molecular weight is 162 g/mol. The van der Waals surface area contributed by atoms with Gasteiger partial charge in [0, 0.05) is 13.3 Å². The van der Waals surface area contributed by atoms with E-state index in [9.17, 15) is 0 Å². The Morgan fingerprint density at radius 3 is 2.30 bits per heavy atom. The molecule has 0 unspecified atom stereocenters. The standard InChI is InChI=1S/C6H14O3Si/c1-7-5-10-4-6(8-2)9-3/h4H,5,10H2,1-3H3. The Hall–Kier alpha value is -0.483. The van der Waals surface area contributed by atoms with Crippen molar-refractivity contribution in [2.24, 2.45) is 0 Å². The third kappa shape index (κ3) is 4.40. The van der Waals surface area contributed by atoms with Gasteiger partial charge < -0.3 is 14.2 Å². The summed E-state index contributed by atoms with van der Waals surface area (Å²) in [5, 5.41) is 0. The molecule has 0 aliphatic carbocycles. The molecule has 0 saturated carbocycles. The molecule has 0 fully saturated rings. The van der Waals surface area contributed by atoms with Gasteiger partial charge in [-0.05, 0) is 5.70 Å². The first kappa shape index (κ1) is 9.52. The predicted molar refractivity (Wildman–Crippen MR) is 42.5 cm³/mol. The van der Waals surface area contributed by atoms with Crippen LogP contribution in [0.25, 0.3) is 0 Å². The van der Waals surface area contributed by atoms with Crippen LogP contribution >= 0.6 is 0 Å². The van der Waals surface area contributed by atoms with Crippen molar-refractivity contribution < 1.29 is 14.2 Å². The van der Waals surface area contributed by atoms with Gasteiger partial charge in [0.05, 0.1) is 23.7 Å². The zero-order valence-corrected chi connectivity index (χ0v) is 8.13. The lowest BCUT2D eigenvalue weighted by atomic mass is 11.0. The largest absolute Gasteiger partial charge is 0.469 e. The maximum absolute atomic E-state index is 4.89. The molecule has 0 aromatic heterocycles. The number of methoxy groups -OCH3 is 3. The summed E-state index contributed by atoms with van der Waals surface area (Å²) in [6.45, 7) is 0. The average Bonchev–Trinajstić information content (AvgIpc) is 1.99. The van der Waals surface area contributed by atoms with Gasteiger partial charge in [0.1, 0.15) is 0 Å². The van der Waals surface area contributed by atoms with Gasteiger partial charge in [-0.15, -0.1) is 0 Å². The molecule has 0 atom stereocenters.